The molecule has 0 bridgehead atoms. The number of aliphatic hydroxyl groups is 8. The minimum atomic E-state index is -1.55. The van der Waals surface area contributed by atoms with Crippen LogP contribution < -0.4 is 16.6 Å². The minimum Gasteiger partial charge on any atom is -0.394 e. The second-order valence-corrected chi connectivity index (χ2v) is 9.40. The number of ether oxygens (including phenoxy) is 5. The molecule has 3 aliphatic heterocycles. The molecule has 0 saturated carbocycles. The molecule has 3 rings (SSSR count). The summed E-state index contributed by atoms with van der Waals surface area (Å²) in [5.41, 5.74) is 11.7. The summed E-state index contributed by atoms with van der Waals surface area (Å²) in [6.07, 6.45) is -12.9. The fourth-order valence-electron chi connectivity index (χ4n) is 4.40. The highest BCUT2D eigenvalue weighted by Gasteiger charge is 2.53. The van der Waals surface area contributed by atoms with E-state index < -0.39 is 112 Å². The number of nitrogens with one attached hydrogen (secondary N) is 1. The molecule has 0 spiro atoms. The highest BCUT2D eigenvalue weighted by Crippen LogP contribution is 2.32. The maximum absolute atomic E-state index is 11.1. The molecule has 0 aromatic carbocycles. The smallest absolute Gasteiger partial charge is 0.177 e. The lowest BCUT2D eigenvalue weighted by Gasteiger charge is -2.49. The van der Waals surface area contributed by atoms with Crippen molar-refractivity contribution in [2.45, 2.75) is 91.9 Å². The zero-order chi connectivity index (χ0) is 26.7. The van der Waals surface area contributed by atoms with Crippen LogP contribution in [0.25, 0.3) is 0 Å². The molecule has 210 valence electrons. The van der Waals surface area contributed by atoms with E-state index in [1.807, 2.05) is 0 Å². The van der Waals surface area contributed by atoms with Crippen LogP contribution in [0, 0.1) is 0 Å². The van der Waals surface area contributed by atoms with E-state index in [9.17, 15) is 40.9 Å². The second kappa shape index (κ2) is 13.1. The molecule has 0 aromatic heterocycles. The van der Waals surface area contributed by atoms with Crippen LogP contribution >= 0.6 is 8.35 Å². The van der Waals surface area contributed by atoms with E-state index in [1.54, 1.807) is 0 Å². The average molecular weight is 545 g/mol. The number of hydrogen-bond acceptors (Lipinski definition) is 16. The predicted octanol–water partition coefficient (Wildman–Crippen LogP) is -6.75. The Balaban J connectivity index is 1.80. The van der Waals surface area contributed by atoms with Gasteiger partial charge < -0.3 is 76.0 Å². The monoisotopic (exact) mass is 545 g/mol. The number of aliphatic hydroxyl groups excluding tert-OH is 8. The Morgan fingerprint density at radius 3 is 1.81 bits per heavy atom. The maximum atomic E-state index is 11.1. The third-order valence-electron chi connectivity index (χ3n) is 6.53. The highest BCUT2D eigenvalue weighted by molar-refractivity contribution is 7.34. The first-order valence-electron chi connectivity index (χ1n) is 11.3. The van der Waals surface area contributed by atoms with Gasteiger partial charge in [0.1, 0.15) is 54.9 Å². The van der Waals surface area contributed by atoms with Gasteiger partial charge in [0.2, 0.25) is 0 Å². The minimum absolute atomic E-state index is 0.329. The molecule has 16 nitrogen and oxygen atoms in total. The summed E-state index contributed by atoms with van der Waals surface area (Å²) < 4.78 is 28.0. The molecule has 3 saturated heterocycles. The van der Waals surface area contributed by atoms with Gasteiger partial charge in [0.15, 0.2) is 18.9 Å². The van der Waals surface area contributed by atoms with Gasteiger partial charge in [-0.3, -0.25) is 5.09 Å². The lowest BCUT2D eigenvalue weighted by atomic mass is 9.94. The predicted molar refractivity (Wildman–Crippen MR) is 120 cm³/mol. The van der Waals surface area contributed by atoms with E-state index in [1.165, 1.54) is 0 Å². The van der Waals surface area contributed by atoms with Gasteiger partial charge in [-0.15, -0.1) is 0 Å². The summed E-state index contributed by atoms with van der Waals surface area (Å²) in [4.78, 5) is 0. The molecular weight excluding hydrogens is 509 g/mol. The van der Waals surface area contributed by atoms with Gasteiger partial charge in [0.25, 0.3) is 0 Å². The quantitative estimate of drug-likeness (QED) is 0.120. The summed E-state index contributed by atoms with van der Waals surface area (Å²) in [6.45, 7) is -1.97. The molecule has 36 heavy (non-hydrogen) atoms. The summed E-state index contributed by atoms with van der Waals surface area (Å²) >= 11 is 0. The van der Waals surface area contributed by atoms with Gasteiger partial charge in [-0.25, -0.2) is 0 Å². The third kappa shape index (κ3) is 6.06. The van der Waals surface area contributed by atoms with Crippen LogP contribution in [0.1, 0.15) is 0 Å². The fraction of sp³-hybridized carbons (Fsp3) is 0.947. The van der Waals surface area contributed by atoms with Gasteiger partial charge >= 0.3 is 0 Å². The van der Waals surface area contributed by atoms with Crippen molar-refractivity contribution in [3.05, 3.63) is 0 Å². The largest absolute Gasteiger partial charge is 0.394 e. The topological polar surface area (TPSA) is 272 Å². The van der Waals surface area contributed by atoms with Gasteiger partial charge in [0, 0.05) is 0 Å². The van der Waals surface area contributed by atoms with Crippen molar-refractivity contribution in [2.75, 3.05) is 19.8 Å². The summed E-state index contributed by atoms with van der Waals surface area (Å²) in [5.74, 6) is 0. The number of rotatable bonds is 9. The average Bonchev–Trinajstić information content (AvgIpc) is 2.87. The second-order valence-electron chi connectivity index (χ2n) is 8.83. The van der Waals surface area contributed by atoms with Crippen molar-refractivity contribution in [1.29, 1.82) is 0 Å². The van der Waals surface area contributed by atoms with Gasteiger partial charge in [-0.1, -0.05) is 6.30 Å². The summed E-state index contributed by atoms with van der Waals surface area (Å²) in [5, 5.41) is 83.5. The van der Waals surface area contributed by atoms with E-state index >= 15 is 0 Å². The lowest BCUT2D eigenvalue weighted by Crippen LogP contribution is -2.69. The first-order valence-corrected chi connectivity index (χ1v) is 12.4. The van der Waals surface area contributed by atoms with Crippen molar-refractivity contribution in [3.63, 3.8) is 0 Å². The molecule has 0 aliphatic carbocycles. The molecule has 15 atom stereocenters. The Bertz CT molecular complexity index is 711. The van der Waals surface area contributed by atoms with Crippen LogP contribution in [0.2, 0.25) is 0 Å². The maximum Gasteiger partial charge on any atom is 0.177 e. The van der Waals surface area contributed by atoms with Crippen LogP contribution in [0.5, 0.6) is 0 Å². The molecule has 13 N–H and O–H groups in total. The molecule has 3 fully saturated rings. The van der Waals surface area contributed by atoms with Crippen LogP contribution in [0.15, 0.2) is 0 Å². The van der Waals surface area contributed by atoms with Crippen LogP contribution in [-0.4, -0.2) is 159 Å². The van der Waals surface area contributed by atoms with Gasteiger partial charge in [0.05, 0.1) is 37.9 Å². The molecule has 17 heteroatoms. The lowest BCUT2D eigenvalue weighted by molar-refractivity contribution is -0.349. The molecule has 0 amide bonds. The summed E-state index contributed by atoms with van der Waals surface area (Å²) in [6, 6.07) is -3.62. The Kier molecular flexibility index (Phi) is 10.9. The summed E-state index contributed by atoms with van der Waals surface area (Å²) in [7, 11) is 0.329. The van der Waals surface area contributed by atoms with Crippen molar-refractivity contribution in [3.8, 4) is 0 Å². The molecule has 3 heterocycles. The fourth-order valence-corrected chi connectivity index (χ4v) is 4.88. The van der Waals surface area contributed by atoms with E-state index in [0.29, 0.717) is 8.35 Å². The molecule has 3 aliphatic rings. The van der Waals surface area contributed by atoms with Crippen LogP contribution in [0.4, 0.5) is 0 Å². The Labute approximate surface area is 208 Å². The van der Waals surface area contributed by atoms with Crippen molar-refractivity contribution in [1.82, 2.24) is 5.09 Å². The van der Waals surface area contributed by atoms with Crippen molar-refractivity contribution < 1.29 is 64.5 Å². The first-order chi connectivity index (χ1) is 17.1. The normalized spacial score (nSPS) is 50.3. The zero-order valence-electron chi connectivity index (χ0n) is 19.2. The standard InChI is InChI=1S/C19H36N3O13P/c1-36-22-10-14(29)16(34-18-9(21)12(27)11(26)5(2-23)32-18)7(4-25)33-19(10)35-15-6(3-24)31-17(30)8(20)13(15)28/h5-19,22-30H,1-4,20-21H2/t5-,6-,7-,8-,9-,10-,11-,12-,13-,14-,15?,16?,17-,18+,19+/m1/s1. The van der Waals surface area contributed by atoms with Crippen molar-refractivity contribution in [2.24, 2.45) is 11.5 Å². The molecule has 0 radical (unpaired) electrons. The van der Waals surface area contributed by atoms with E-state index in [-0.39, 0.29) is 0 Å². The van der Waals surface area contributed by atoms with Gasteiger partial charge in [-0.05, 0) is 8.35 Å². The molecule has 0 aromatic rings. The number of hydrogen-bond donors (Lipinski definition) is 11. The zero-order valence-corrected chi connectivity index (χ0v) is 20.1. The van der Waals surface area contributed by atoms with Crippen LogP contribution in [0.3, 0.4) is 0 Å². The third-order valence-corrected chi connectivity index (χ3v) is 7.01. The van der Waals surface area contributed by atoms with Gasteiger partial charge in [-0.2, -0.15) is 0 Å². The van der Waals surface area contributed by atoms with Crippen molar-refractivity contribution >= 4 is 14.7 Å². The molecular formula is C19H36N3O13P. The number of nitrogens with two attached hydrogens (primary N) is 2. The van der Waals surface area contributed by atoms with E-state index in [2.05, 4.69) is 11.4 Å². The van der Waals surface area contributed by atoms with Crippen LogP contribution in [-0.2, 0) is 23.7 Å². The Morgan fingerprint density at radius 1 is 0.694 bits per heavy atom. The Hall–Kier alpha value is -0.470. The van der Waals surface area contributed by atoms with E-state index in [4.69, 9.17) is 35.2 Å². The SMILES string of the molecule is C=PN[C@H]1[C@H](OC2[C@@H](CO)O[C@@H](O)[C@H](N)[C@H]2O)O[C@H](CO)C(O[C@@H]2O[C@H](CO)[C@@H](O)[C@H](O)[C@H]2N)[C@@H]1O. The highest BCUT2D eigenvalue weighted by atomic mass is 31.1. The molecule has 2 unspecified atom stereocenters. The first kappa shape index (κ1) is 30.1. The Morgan fingerprint density at radius 2 is 1.22 bits per heavy atom. The van der Waals surface area contributed by atoms with E-state index in [0.717, 1.165) is 0 Å².